The Morgan fingerprint density at radius 2 is 2.40 bits per heavy atom. The first-order valence-electron chi connectivity index (χ1n) is 7.15. The van der Waals surface area contributed by atoms with Crippen LogP contribution in [0.3, 0.4) is 0 Å². The van der Waals surface area contributed by atoms with Crippen LogP contribution >= 0.6 is 11.3 Å². The molecule has 4 nitrogen and oxygen atoms in total. The van der Waals surface area contributed by atoms with Gasteiger partial charge in [0.25, 0.3) is 0 Å². The van der Waals surface area contributed by atoms with E-state index >= 15 is 0 Å². The van der Waals surface area contributed by atoms with Crippen molar-refractivity contribution in [2.24, 2.45) is 0 Å². The van der Waals surface area contributed by atoms with Gasteiger partial charge in [0.15, 0.2) is 5.13 Å². The van der Waals surface area contributed by atoms with Gasteiger partial charge in [-0.05, 0) is 43.9 Å². The van der Waals surface area contributed by atoms with Gasteiger partial charge < -0.3 is 14.8 Å². The summed E-state index contributed by atoms with van der Waals surface area (Å²) < 4.78 is 12.1. The summed E-state index contributed by atoms with van der Waals surface area (Å²) in [5.74, 6) is 0.878. The van der Waals surface area contributed by atoms with E-state index < -0.39 is 0 Å². The Hall–Kier alpha value is -1.33. The molecule has 1 unspecified atom stereocenters. The lowest BCUT2D eigenvalue weighted by Crippen LogP contribution is -2.21. The van der Waals surface area contributed by atoms with E-state index in [0.717, 1.165) is 40.7 Å². The zero-order valence-electron chi connectivity index (χ0n) is 11.7. The number of anilines is 1. The van der Waals surface area contributed by atoms with E-state index in [2.05, 4.69) is 10.3 Å². The SMILES string of the molecule is COc1ccc2nc(NCCC3CCCCO3)sc2c1. The van der Waals surface area contributed by atoms with Crippen LogP contribution in [-0.2, 0) is 4.74 Å². The number of aromatic nitrogens is 1. The van der Waals surface area contributed by atoms with Crippen LogP contribution in [0.15, 0.2) is 18.2 Å². The van der Waals surface area contributed by atoms with Crippen molar-refractivity contribution < 1.29 is 9.47 Å². The standard InChI is InChI=1S/C15H20N2O2S/c1-18-12-5-6-13-14(10-12)20-15(17-13)16-8-7-11-4-2-3-9-19-11/h5-6,10-11H,2-4,7-9H2,1H3,(H,16,17). The van der Waals surface area contributed by atoms with Crippen LogP contribution in [0.5, 0.6) is 5.75 Å². The van der Waals surface area contributed by atoms with Gasteiger partial charge in [-0.15, -0.1) is 0 Å². The lowest BCUT2D eigenvalue weighted by atomic mass is 10.1. The van der Waals surface area contributed by atoms with E-state index in [9.17, 15) is 0 Å². The van der Waals surface area contributed by atoms with Crippen molar-refractivity contribution in [1.82, 2.24) is 4.98 Å². The van der Waals surface area contributed by atoms with Gasteiger partial charge in [0.1, 0.15) is 5.75 Å². The Bertz CT molecular complexity index is 564. The third-order valence-corrected chi connectivity index (χ3v) is 4.59. The van der Waals surface area contributed by atoms with E-state index in [0.29, 0.717) is 6.10 Å². The molecule has 0 bridgehead atoms. The molecule has 1 N–H and O–H groups in total. The summed E-state index contributed by atoms with van der Waals surface area (Å²) in [5.41, 5.74) is 1.02. The number of nitrogens with one attached hydrogen (secondary N) is 1. The molecule has 3 rings (SSSR count). The van der Waals surface area contributed by atoms with Crippen molar-refractivity contribution in [3.8, 4) is 5.75 Å². The number of nitrogens with zero attached hydrogens (tertiary/aromatic N) is 1. The van der Waals surface area contributed by atoms with Gasteiger partial charge in [-0.1, -0.05) is 11.3 Å². The summed E-state index contributed by atoms with van der Waals surface area (Å²) in [7, 11) is 1.69. The second kappa shape index (κ2) is 6.41. The highest BCUT2D eigenvalue weighted by atomic mass is 32.1. The smallest absolute Gasteiger partial charge is 0.183 e. The average Bonchev–Trinajstić information content (AvgIpc) is 2.90. The third kappa shape index (κ3) is 3.22. The highest BCUT2D eigenvalue weighted by Gasteiger charge is 2.13. The Morgan fingerprint density at radius 1 is 1.45 bits per heavy atom. The number of rotatable bonds is 5. The summed E-state index contributed by atoms with van der Waals surface area (Å²) in [6.45, 7) is 1.84. The highest BCUT2D eigenvalue weighted by molar-refractivity contribution is 7.22. The Kier molecular flexibility index (Phi) is 4.38. The average molecular weight is 292 g/mol. The van der Waals surface area contributed by atoms with Gasteiger partial charge in [0, 0.05) is 13.2 Å². The van der Waals surface area contributed by atoms with E-state index in [-0.39, 0.29) is 0 Å². The fourth-order valence-corrected chi connectivity index (χ4v) is 3.40. The molecule has 0 aliphatic carbocycles. The molecule has 1 fully saturated rings. The minimum absolute atomic E-state index is 0.422. The molecule has 5 heteroatoms. The molecule has 1 aromatic heterocycles. The predicted molar refractivity (Wildman–Crippen MR) is 82.9 cm³/mol. The summed E-state index contributed by atoms with van der Waals surface area (Å²) in [6, 6.07) is 5.98. The van der Waals surface area contributed by atoms with Crippen molar-refractivity contribution in [3.63, 3.8) is 0 Å². The van der Waals surface area contributed by atoms with Crippen LogP contribution < -0.4 is 10.1 Å². The lowest BCUT2D eigenvalue weighted by Gasteiger charge is -2.22. The zero-order chi connectivity index (χ0) is 13.8. The number of methoxy groups -OCH3 is 1. The highest BCUT2D eigenvalue weighted by Crippen LogP contribution is 2.29. The topological polar surface area (TPSA) is 43.4 Å². The fraction of sp³-hybridized carbons (Fsp3) is 0.533. The van der Waals surface area contributed by atoms with Gasteiger partial charge in [0.2, 0.25) is 0 Å². The van der Waals surface area contributed by atoms with Crippen molar-refractivity contribution in [1.29, 1.82) is 0 Å². The van der Waals surface area contributed by atoms with Crippen LogP contribution in [0.25, 0.3) is 10.2 Å². The minimum Gasteiger partial charge on any atom is -0.497 e. The number of hydrogen-bond donors (Lipinski definition) is 1. The Labute approximate surface area is 123 Å². The molecule has 1 saturated heterocycles. The molecule has 1 aliphatic rings. The third-order valence-electron chi connectivity index (χ3n) is 3.61. The normalized spacial score (nSPS) is 19.1. The first-order valence-corrected chi connectivity index (χ1v) is 7.97. The van der Waals surface area contributed by atoms with Gasteiger partial charge in [0.05, 0.1) is 23.4 Å². The zero-order valence-corrected chi connectivity index (χ0v) is 12.5. The van der Waals surface area contributed by atoms with Crippen LogP contribution in [0.1, 0.15) is 25.7 Å². The molecule has 0 saturated carbocycles. The lowest BCUT2D eigenvalue weighted by molar-refractivity contribution is 0.0134. The monoisotopic (exact) mass is 292 g/mol. The number of fused-ring (bicyclic) bond motifs is 1. The van der Waals surface area contributed by atoms with Crippen LogP contribution in [0.2, 0.25) is 0 Å². The minimum atomic E-state index is 0.422. The molecule has 1 atom stereocenters. The quantitative estimate of drug-likeness (QED) is 0.913. The molecular formula is C15H20N2O2S. The predicted octanol–water partition coefficient (Wildman–Crippen LogP) is 3.68. The summed E-state index contributed by atoms with van der Waals surface area (Å²) in [5, 5.41) is 4.38. The largest absolute Gasteiger partial charge is 0.497 e. The van der Waals surface area contributed by atoms with Crippen LogP contribution in [-0.4, -0.2) is 31.3 Å². The van der Waals surface area contributed by atoms with E-state index in [1.807, 2.05) is 18.2 Å². The first kappa shape index (κ1) is 13.6. The van der Waals surface area contributed by atoms with E-state index in [1.54, 1.807) is 18.4 Å². The maximum atomic E-state index is 5.73. The molecule has 0 radical (unpaired) electrons. The summed E-state index contributed by atoms with van der Waals surface area (Å²) in [6.07, 6.45) is 5.18. The van der Waals surface area contributed by atoms with E-state index in [4.69, 9.17) is 9.47 Å². The molecule has 1 aliphatic heterocycles. The Morgan fingerprint density at radius 3 is 3.20 bits per heavy atom. The van der Waals surface area contributed by atoms with Gasteiger partial charge in [-0.2, -0.15) is 0 Å². The first-order chi connectivity index (χ1) is 9.85. The fourth-order valence-electron chi connectivity index (χ4n) is 2.48. The Balaban J connectivity index is 1.57. The number of thiazole rings is 1. The number of benzene rings is 1. The van der Waals surface area contributed by atoms with Crippen LogP contribution in [0, 0.1) is 0 Å². The van der Waals surface area contributed by atoms with Crippen molar-refractivity contribution in [2.45, 2.75) is 31.8 Å². The molecule has 0 amide bonds. The summed E-state index contributed by atoms with van der Waals surface area (Å²) >= 11 is 1.67. The molecule has 108 valence electrons. The van der Waals surface area contributed by atoms with Crippen molar-refractivity contribution in [2.75, 3.05) is 25.6 Å². The molecule has 2 aromatic rings. The maximum Gasteiger partial charge on any atom is 0.183 e. The van der Waals surface area contributed by atoms with Crippen molar-refractivity contribution in [3.05, 3.63) is 18.2 Å². The number of ether oxygens (including phenoxy) is 2. The van der Waals surface area contributed by atoms with E-state index in [1.165, 1.54) is 19.3 Å². The summed E-state index contributed by atoms with van der Waals surface area (Å²) in [4.78, 5) is 4.58. The molecule has 2 heterocycles. The molecule has 0 spiro atoms. The van der Waals surface area contributed by atoms with Gasteiger partial charge in [-0.25, -0.2) is 4.98 Å². The van der Waals surface area contributed by atoms with Crippen LogP contribution in [0.4, 0.5) is 5.13 Å². The second-order valence-corrected chi connectivity index (χ2v) is 6.09. The van der Waals surface area contributed by atoms with Crippen molar-refractivity contribution >= 4 is 26.7 Å². The van der Waals surface area contributed by atoms with Gasteiger partial charge >= 0.3 is 0 Å². The van der Waals surface area contributed by atoms with Gasteiger partial charge in [-0.3, -0.25) is 0 Å². The maximum absolute atomic E-state index is 5.73. The molecule has 20 heavy (non-hydrogen) atoms. The molecule has 1 aromatic carbocycles. The molecular weight excluding hydrogens is 272 g/mol. The second-order valence-electron chi connectivity index (χ2n) is 5.06. The number of hydrogen-bond acceptors (Lipinski definition) is 5.